The molecule has 200 valence electrons. The van der Waals surface area contributed by atoms with Gasteiger partial charge < -0.3 is 19.4 Å². The van der Waals surface area contributed by atoms with Crippen molar-refractivity contribution >= 4 is 5.65 Å². The fourth-order valence-electron chi connectivity index (χ4n) is 4.68. The lowest BCUT2D eigenvalue weighted by Crippen LogP contribution is -2.40. The van der Waals surface area contributed by atoms with E-state index in [0.717, 1.165) is 6.07 Å². The van der Waals surface area contributed by atoms with E-state index in [1.807, 2.05) is 0 Å². The Morgan fingerprint density at radius 1 is 1.13 bits per heavy atom. The molecule has 38 heavy (non-hydrogen) atoms. The fourth-order valence-corrected chi connectivity index (χ4v) is 4.68. The number of alkyl halides is 5. The van der Waals surface area contributed by atoms with Crippen LogP contribution in [0.3, 0.4) is 0 Å². The van der Waals surface area contributed by atoms with Gasteiger partial charge in [0, 0.05) is 53.7 Å². The summed E-state index contributed by atoms with van der Waals surface area (Å²) >= 11 is 0. The first-order chi connectivity index (χ1) is 17.7. The molecule has 1 aliphatic carbocycles. The molecule has 3 heterocycles. The standard InChI is InChI=1S/C25H20F6N4O3/c1-23(2,36)21-32-9-12(10-33-21)15-11-35-18(7-16(15)26)34-20-19(35)14(8-24(20,37)25(29,30)31)13-5-3-4-6-17(13)38-22(27)28/h3-7,9-11,14,22,36-37H,8H2,1-2H3. The maximum Gasteiger partial charge on any atom is 0.423 e. The Balaban J connectivity index is 1.73. The molecule has 4 aromatic rings. The second kappa shape index (κ2) is 8.67. The molecule has 0 saturated heterocycles. The first-order valence-electron chi connectivity index (χ1n) is 11.3. The summed E-state index contributed by atoms with van der Waals surface area (Å²) in [6, 6.07) is 6.22. The molecule has 13 heteroatoms. The van der Waals surface area contributed by atoms with E-state index < -0.39 is 47.8 Å². The van der Waals surface area contributed by atoms with Gasteiger partial charge >= 0.3 is 12.8 Å². The molecule has 0 amide bonds. The molecule has 2 atom stereocenters. The molecule has 0 spiro atoms. The highest BCUT2D eigenvalue weighted by Gasteiger charge is 2.63. The van der Waals surface area contributed by atoms with Crippen LogP contribution in [-0.2, 0) is 11.2 Å². The van der Waals surface area contributed by atoms with Crippen LogP contribution in [0.5, 0.6) is 5.75 Å². The summed E-state index contributed by atoms with van der Waals surface area (Å²) in [5, 5.41) is 20.9. The van der Waals surface area contributed by atoms with Crippen LogP contribution in [0.15, 0.2) is 48.9 Å². The van der Waals surface area contributed by atoms with Crippen molar-refractivity contribution < 1.29 is 41.3 Å². The lowest BCUT2D eigenvalue weighted by atomic mass is 9.91. The van der Waals surface area contributed by atoms with Gasteiger partial charge in [-0.3, -0.25) is 0 Å². The van der Waals surface area contributed by atoms with Crippen LogP contribution >= 0.6 is 0 Å². The third kappa shape index (κ3) is 4.15. The van der Waals surface area contributed by atoms with Crippen LogP contribution < -0.4 is 4.74 Å². The zero-order chi connectivity index (χ0) is 27.6. The maximum atomic E-state index is 15.1. The molecule has 0 aliphatic heterocycles. The monoisotopic (exact) mass is 538 g/mol. The first-order valence-corrected chi connectivity index (χ1v) is 11.3. The highest BCUT2D eigenvalue weighted by atomic mass is 19.4. The molecule has 1 aromatic carbocycles. The zero-order valence-electron chi connectivity index (χ0n) is 19.8. The molecule has 2 N–H and O–H groups in total. The van der Waals surface area contributed by atoms with E-state index in [2.05, 4.69) is 19.7 Å². The van der Waals surface area contributed by atoms with E-state index in [-0.39, 0.29) is 39.6 Å². The summed E-state index contributed by atoms with van der Waals surface area (Å²) < 4.78 is 89.4. The summed E-state index contributed by atoms with van der Waals surface area (Å²) in [6.45, 7) is -0.324. The van der Waals surface area contributed by atoms with Crippen molar-refractivity contribution in [2.24, 2.45) is 0 Å². The largest absolute Gasteiger partial charge is 0.435 e. The smallest absolute Gasteiger partial charge is 0.423 e. The molecular formula is C25H20F6N4O3. The Hall–Kier alpha value is -3.71. The third-order valence-electron chi connectivity index (χ3n) is 6.46. The number of ether oxygens (including phenoxy) is 1. The minimum Gasteiger partial charge on any atom is -0.435 e. The van der Waals surface area contributed by atoms with Gasteiger partial charge in [0.1, 0.15) is 28.5 Å². The summed E-state index contributed by atoms with van der Waals surface area (Å²) in [5.41, 5.74) is -5.91. The van der Waals surface area contributed by atoms with E-state index in [0.29, 0.717) is 0 Å². The minimum absolute atomic E-state index is 0.0280. The number of imidazole rings is 1. The Morgan fingerprint density at radius 3 is 2.39 bits per heavy atom. The number of para-hydroxylation sites is 1. The topological polar surface area (TPSA) is 92.8 Å². The predicted molar refractivity (Wildman–Crippen MR) is 121 cm³/mol. The summed E-state index contributed by atoms with van der Waals surface area (Å²) in [5.74, 6) is -2.43. The quantitative estimate of drug-likeness (QED) is 0.346. The number of rotatable bonds is 5. The SMILES string of the molecule is CC(C)(O)c1ncc(-c2cn3c4c(nc3cc2F)C(O)(C(F)(F)F)CC4c2ccccc2OC(F)F)cn1. The molecule has 1 aliphatic rings. The molecule has 5 rings (SSSR count). The molecular weight excluding hydrogens is 518 g/mol. The van der Waals surface area contributed by atoms with E-state index in [1.54, 1.807) is 0 Å². The van der Waals surface area contributed by atoms with Crippen LogP contribution in [0.25, 0.3) is 16.8 Å². The molecule has 2 unspecified atom stereocenters. The average Bonchev–Trinajstić information content (AvgIpc) is 3.33. The normalized spacial score (nSPS) is 19.8. The van der Waals surface area contributed by atoms with Crippen molar-refractivity contribution in [3.05, 3.63) is 77.5 Å². The van der Waals surface area contributed by atoms with Gasteiger partial charge in [-0.2, -0.15) is 22.0 Å². The van der Waals surface area contributed by atoms with Crippen molar-refractivity contribution in [3.8, 4) is 16.9 Å². The average molecular weight is 538 g/mol. The van der Waals surface area contributed by atoms with Crippen LogP contribution in [-0.4, -0.2) is 42.4 Å². The number of benzene rings is 1. The Kier molecular flexibility index (Phi) is 5.91. The fraction of sp³-hybridized carbons (Fsp3) is 0.320. The third-order valence-corrected chi connectivity index (χ3v) is 6.46. The highest BCUT2D eigenvalue weighted by molar-refractivity contribution is 5.65. The van der Waals surface area contributed by atoms with Crippen molar-refractivity contribution in [1.29, 1.82) is 0 Å². The maximum absolute atomic E-state index is 15.1. The first kappa shape index (κ1) is 25.9. The number of hydrogen-bond acceptors (Lipinski definition) is 6. The minimum atomic E-state index is -5.17. The van der Waals surface area contributed by atoms with Crippen molar-refractivity contribution in [1.82, 2.24) is 19.4 Å². The highest BCUT2D eigenvalue weighted by Crippen LogP contribution is 2.55. The van der Waals surface area contributed by atoms with Gasteiger partial charge in [-0.1, -0.05) is 18.2 Å². The number of hydrogen-bond donors (Lipinski definition) is 2. The molecule has 0 fully saturated rings. The van der Waals surface area contributed by atoms with Crippen molar-refractivity contribution in [2.45, 2.75) is 50.2 Å². The zero-order valence-corrected chi connectivity index (χ0v) is 19.8. The van der Waals surface area contributed by atoms with Crippen LogP contribution in [0.2, 0.25) is 0 Å². The number of nitrogens with zero attached hydrogens (tertiary/aromatic N) is 4. The second-order valence-electron chi connectivity index (χ2n) is 9.49. The van der Waals surface area contributed by atoms with Gasteiger partial charge in [0.25, 0.3) is 0 Å². The lowest BCUT2D eigenvalue weighted by molar-refractivity contribution is -0.267. The van der Waals surface area contributed by atoms with Crippen molar-refractivity contribution in [2.75, 3.05) is 0 Å². The van der Waals surface area contributed by atoms with E-state index >= 15 is 4.39 Å². The molecule has 0 saturated carbocycles. The number of pyridine rings is 1. The number of aromatic nitrogens is 4. The van der Waals surface area contributed by atoms with E-state index in [1.165, 1.54) is 61.1 Å². The Morgan fingerprint density at radius 2 is 1.79 bits per heavy atom. The van der Waals surface area contributed by atoms with E-state index in [4.69, 9.17) is 0 Å². The predicted octanol–water partition coefficient (Wildman–Crippen LogP) is 5.04. The number of fused-ring (bicyclic) bond motifs is 3. The molecule has 7 nitrogen and oxygen atoms in total. The van der Waals surface area contributed by atoms with Crippen LogP contribution in [0.4, 0.5) is 26.3 Å². The van der Waals surface area contributed by atoms with Crippen LogP contribution in [0.1, 0.15) is 49.0 Å². The van der Waals surface area contributed by atoms with Gasteiger partial charge in [-0.15, -0.1) is 0 Å². The van der Waals surface area contributed by atoms with Crippen molar-refractivity contribution in [3.63, 3.8) is 0 Å². The lowest BCUT2D eigenvalue weighted by Gasteiger charge is -2.26. The van der Waals surface area contributed by atoms with Gasteiger partial charge in [0.05, 0.1) is 5.69 Å². The van der Waals surface area contributed by atoms with Gasteiger partial charge in [-0.05, 0) is 19.9 Å². The molecule has 3 aromatic heterocycles. The molecule has 0 radical (unpaired) electrons. The molecule has 0 bridgehead atoms. The Bertz CT molecular complexity index is 1510. The Labute approximate surface area is 211 Å². The van der Waals surface area contributed by atoms with E-state index in [9.17, 15) is 32.2 Å². The summed E-state index contributed by atoms with van der Waals surface area (Å²) in [4.78, 5) is 12.0. The number of halogens is 6. The van der Waals surface area contributed by atoms with Gasteiger partial charge in [0.15, 0.2) is 5.82 Å². The van der Waals surface area contributed by atoms with Crippen LogP contribution in [0, 0.1) is 5.82 Å². The second-order valence-corrected chi connectivity index (χ2v) is 9.49. The van der Waals surface area contributed by atoms with Gasteiger partial charge in [0.2, 0.25) is 5.60 Å². The summed E-state index contributed by atoms with van der Waals surface area (Å²) in [7, 11) is 0. The number of aliphatic hydroxyl groups is 2. The van der Waals surface area contributed by atoms with Gasteiger partial charge in [-0.25, -0.2) is 19.3 Å². The summed E-state index contributed by atoms with van der Waals surface area (Å²) in [6.07, 6.45) is -2.44.